The van der Waals surface area contributed by atoms with Crippen LogP contribution in [0.1, 0.15) is 13.3 Å². The van der Waals surface area contributed by atoms with Gasteiger partial charge in [0.05, 0.1) is 5.69 Å². The Balaban J connectivity index is 1.79. The molecule has 2 aromatic rings. The zero-order valence-electron chi connectivity index (χ0n) is 10.3. The molecule has 0 radical (unpaired) electrons. The topological polar surface area (TPSA) is 42.7 Å². The molecule has 1 saturated heterocycles. The van der Waals surface area contributed by atoms with Crippen LogP contribution < -0.4 is 5.32 Å². The molecule has 1 aliphatic heterocycles. The van der Waals surface area contributed by atoms with Crippen LogP contribution in [-0.4, -0.2) is 31.8 Å². The minimum Gasteiger partial charge on any atom is -0.381 e. The van der Waals surface area contributed by atoms with Gasteiger partial charge in [-0.25, -0.2) is 0 Å². The number of thioether (sulfide) groups is 1. The average molecular weight is 260 g/mol. The first-order valence-corrected chi connectivity index (χ1v) is 7.21. The lowest BCUT2D eigenvalue weighted by Crippen LogP contribution is -2.24. The van der Waals surface area contributed by atoms with E-state index >= 15 is 0 Å². The molecule has 2 heterocycles. The Morgan fingerprint density at radius 1 is 1.33 bits per heavy atom. The van der Waals surface area contributed by atoms with Crippen LogP contribution in [0.25, 0.3) is 5.69 Å². The highest BCUT2D eigenvalue weighted by atomic mass is 32.2. The molecule has 5 heteroatoms. The number of nitrogens with zero attached hydrogens (tertiary/aromatic N) is 3. The molecule has 0 aliphatic carbocycles. The van der Waals surface area contributed by atoms with Crippen LogP contribution in [0.3, 0.4) is 0 Å². The van der Waals surface area contributed by atoms with Crippen molar-refractivity contribution in [2.45, 2.75) is 24.6 Å². The molecule has 0 saturated carbocycles. The van der Waals surface area contributed by atoms with Gasteiger partial charge in [0.1, 0.15) is 12.7 Å². The van der Waals surface area contributed by atoms with E-state index in [1.165, 1.54) is 17.9 Å². The third-order valence-corrected chi connectivity index (χ3v) is 4.62. The van der Waals surface area contributed by atoms with Crippen molar-refractivity contribution in [1.29, 1.82) is 0 Å². The number of anilines is 1. The third-order valence-electron chi connectivity index (χ3n) is 3.29. The molecule has 2 unspecified atom stereocenters. The van der Waals surface area contributed by atoms with Gasteiger partial charge in [0.25, 0.3) is 0 Å². The maximum absolute atomic E-state index is 3.83. The summed E-state index contributed by atoms with van der Waals surface area (Å²) < 4.78 is 1.91. The predicted octanol–water partition coefficient (Wildman–Crippen LogP) is 2.57. The van der Waals surface area contributed by atoms with E-state index < -0.39 is 0 Å². The molecule has 1 aliphatic rings. The lowest BCUT2D eigenvalue weighted by Gasteiger charge is -2.18. The normalized spacial score (nSPS) is 23.2. The summed E-state index contributed by atoms with van der Waals surface area (Å²) in [5, 5.41) is 12.0. The average Bonchev–Trinajstić information content (AvgIpc) is 3.02. The predicted molar refractivity (Wildman–Crippen MR) is 75.3 cm³/mol. The second-order valence-electron chi connectivity index (χ2n) is 4.53. The van der Waals surface area contributed by atoms with Gasteiger partial charge >= 0.3 is 0 Å². The molecule has 2 atom stereocenters. The van der Waals surface area contributed by atoms with Gasteiger partial charge in [-0.05, 0) is 30.4 Å². The Morgan fingerprint density at radius 2 is 2.17 bits per heavy atom. The molecule has 18 heavy (non-hydrogen) atoms. The van der Waals surface area contributed by atoms with E-state index in [0.717, 1.165) is 5.69 Å². The first-order chi connectivity index (χ1) is 8.83. The second-order valence-corrected chi connectivity index (χ2v) is 6.02. The molecule has 1 aromatic heterocycles. The van der Waals surface area contributed by atoms with E-state index in [1.54, 1.807) is 12.7 Å². The molecule has 94 valence electrons. The summed E-state index contributed by atoms with van der Waals surface area (Å²) in [4.78, 5) is 0. The van der Waals surface area contributed by atoms with Crippen LogP contribution in [0.4, 0.5) is 5.69 Å². The Labute approximate surface area is 111 Å². The summed E-state index contributed by atoms with van der Waals surface area (Å²) in [5.41, 5.74) is 2.25. The molecule has 1 fully saturated rings. The van der Waals surface area contributed by atoms with E-state index in [1.807, 2.05) is 16.3 Å². The number of rotatable bonds is 3. The van der Waals surface area contributed by atoms with Gasteiger partial charge in [0, 0.05) is 17.0 Å². The molecule has 0 bridgehead atoms. The maximum atomic E-state index is 3.83. The standard InChI is InChI=1S/C13H16N4S/c1-10-13(5-6-18-10)16-11-3-2-4-12(7-11)17-8-14-15-9-17/h2-4,7-10,13,16H,5-6H2,1H3. The van der Waals surface area contributed by atoms with Gasteiger partial charge in [-0.3, -0.25) is 4.57 Å². The Hall–Kier alpha value is -1.49. The summed E-state index contributed by atoms with van der Waals surface area (Å²) >= 11 is 2.04. The second kappa shape index (κ2) is 5.02. The summed E-state index contributed by atoms with van der Waals surface area (Å²) in [5.74, 6) is 1.25. The summed E-state index contributed by atoms with van der Waals surface area (Å²) in [6.45, 7) is 2.29. The molecule has 1 N–H and O–H groups in total. The van der Waals surface area contributed by atoms with Gasteiger partial charge in [-0.1, -0.05) is 13.0 Å². The molecular formula is C13H16N4S. The molecular weight excluding hydrogens is 244 g/mol. The lowest BCUT2D eigenvalue weighted by molar-refractivity contribution is 0.724. The first-order valence-electron chi connectivity index (χ1n) is 6.16. The number of nitrogens with one attached hydrogen (secondary N) is 1. The van der Waals surface area contributed by atoms with Gasteiger partial charge in [-0.15, -0.1) is 10.2 Å². The molecule has 1 aromatic carbocycles. The van der Waals surface area contributed by atoms with Gasteiger partial charge in [-0.2, -0.15) is 11.8 Å². The third kappa shape index (κ3) is 2.36. The van der Waals surface area contributed by atoms with E-state index in [0.29, 0.717) is 11.3 Å². The van der Waals surface area contributed by atoms with Crippen molar-refractivity contribution in [3.8, 4) is 5.69 Å². The highest BCUT2D eigenvalue weighted by Gasteiger charge is 2.23. The van der Waals surface area contributed by atoms with Crippen LogP contribution in [0.15, 0.2) is 36.9 Å². The van der Waals surface area contributed by atoms with Crippen molar-refractivity contribution in [2.24, 2.45) is 0 Å². The van der Waals surface area contributed by atoms with Crippen LogP contribution in [0, 0.1) is 0 Å². The zero-order chi connectivity index (χ0) is 12.4. The van der Waals surface area contributed by atoms with E-state index in [4.69, 9.17) is 0 Å². The monoisotopic (exact) mass is 260 g/mol. The van der Waals surface area contributed by atoms with Crippen LogP contribution in [-0.2, 0) is 0 Å². The number of hydrogen-bond acceptors (Lipinski definition) is 4. The fourth-order valence-corrected chi connectivity index (χ4v) is 3.42. The minimum absolute atomic E-state index is 0.575. The van der Waals surface area contributed by atoms with E-state index in [-0.39, 0.29) is 0 Å². The minimum atomic E-state index is 0.575. The van der Waals surface area contributed by atoms with Crippen molar-refractivity contribution < 1.29 is 0 Å². The van der Waals surface area contributed by atoms with Gasteiger partial charge in [0.15, 0.2) is 0 Å². The van der Waals surface area contributed by atoms with Crippen molar-refractivity contribution >= 4 is 17.4 Å². The van der Waals surface area contributed by atoms with E-state index in [9.17, 15) is 0 Å². The van der Waals surface area contributed by atoms with Gasteiger partial charge < -0.3 is 5.32 Å². The Morgan fingerprint density at radius 3 is 2.89 bits per heavy atom. The maximum Gasteiger partial charge on any atom is 0.123 e. The summed E-state index contributed by atoms with van der Waals surface area (Å²) in [6.07, 6.45) is 4.67. The number of hydrogen-bond donors (Lipinski definition) is 1. The highest BCUT2D eigenvalue weighted by molar-refractivity contribution is 8.00. The fourth-order valence-electron chi connectivity index (χ4n) is 2.23. The van der Waals surface area contributed by atoms with Crippen molar-refractivity contribution in [3.63, 3.8) is 0 Å². The van der Waals surface area contributed by atoms with Crippen LogP contribution in [0.5, 0.6) is 0 Å². The Kier molecular flexibility index (Phi) is 3.23. The lowest BCUT2D eigenvalue weighted by atomic mass is 10.1. The fraction of sp³-hybridized carbons (Fsp3) is 0.385. The molecule has 0 amide bonds. The zero-order valence-corrected chi connectivity index (χ0v) is 11.1. The van der Waals surface area contributed by atoms with E-state index in [2.05, 4.69) is 46.7 Å². The quantitative estimate of drug-likeness (QED) is 0.921. The van der Waals surface area contributed by atoms with Crippen LogP contribution >= 0.6 is 11.8 Å². The van der Waals surface area contributed by atoms with Crippen molar-refractivity contribution in [1.82, 2.24) is 14.8 Å². The van der Waals surface area contributed by atoms with Crippen molar-refractivity contribution in [2.75, 3.05) is 11.1 Å². The van der Waals surface area contributed by atoms with Gasteiger partial charge in [0.2, 0.25) is 0 Å². The highest BCUT2D eigenvalue weighted by Crippen LogP contribution is 2.29. The van der Waals surface area contributed by atoms with Crippen LogP contribution in [0.2, 0.25) is 0 Å². The largest absolute Gasteiger partial charge is 0.381 e. The SMILES string of the molecule is CC1SCCC1Nc1cccc(-n2cnnc2)c1. The summed E-state index contributed by atoms with van der Waals surface area (Å²) in [6, 6.07) is 8.94. The Bertz CT molecular complexity index is 511. The first kappa shape index (κ1) is 11.6. The summed E-state index contributed by atoms with van der Waals surface area (Å²) in [7, 11) is 0. The number of aromatic nitrogens is 3. The smallest absolute Gasteiger partial charge is 0.123 e. The molecule has 0 spiro atoms. The number of benzene rings is 1. The molecule has 4 nitrogen and oxygen atoms in total. The van der Waals surface area contributed by atoms with Crippen molar-refractivity contribution in [3.05, 3.63) is 36.9 Å². The molecule has 3 rings (SSSR count).